The molecule has 0 fully saturated rings. The first-order chi connectivity index (χ1) is 21.8. The van der Waals surface area contributed by atoms with Crippen molar-refractivity contribution >= 4 is 36.2 Å². The van der Waals surface area contributed by atoms with Crippen LogP contribution in [0.15, 0.2) is 115 Å². The van der Waals surface area contributed by atoms with Crippen molar-refractivity contribution in [2.24, 2.45) is 0 Å². The number of rotatable bonds is 16. The number of hydrogen-bond acceptors (Lipinski definition) is 5. The Labute approximate surface area is 271 Å². The lowest BCUT2D eigenvalue weighted by atomic mass is 9.88. The number of esters is 1. The molecule has 236 valence electrons. The minimum Gasteiger partial charge on any atom is -0.462 e. The lowest BCUT2D eigenvalue weighted by molar-refractivity contribution is -0.149. The van der Waals surface area contributed by atoms with Crippen molar-refractivity contribution in [1.82, 2.24) is 5.09 Å². The zero-order valence-electron chi connectivity index (χ0n) is 26.0. The summed E-state index contributed by atoms with van der Waals surface area (Å²) in [4.78, 5) is 12.4. The van der Waals surface area contributed by atoms with Gasteiger partial charge in [0.2, 0.25) is 0 Å². The first kappa shape index (κ1) is 34.2. The fourth-order valence-corrected chi connectivity index (χ4v) is 6.80. The van der Waals surface area contributed by atoms with Gasteiger partial charge in [-0.3, -0.25) is 9.36 Å². The Hall–Kier alpha value is -3.67. The molecule has 45 heavy (non-hydrogen) atoms. The van der Waals surface area contributed by atoms with Crippen LogP contribution in [-0.2, 0) is 25.3 Å². The van der Waals surface area contributed by atoms with Gasteiger partial charge in [-0.1, -0.05) is 103 Å². The van der Waals surface area contributed by atoms with E-state index in [9.17, 15) is 9.36 Å². The van der Waals surface area contributed by atoms with Crippen molar-refractivity contribution in [2.75, 3.05) is 18.8 Å². The molecule has 0 aliphatic rings. The maximum Gasteiger partial charge on any atom is 0.342 e. The van der Waals surface area contributed by atoms with Gasteiger partial charge in [0.1, 0.15) is 18.1 Å². The molecule has 0 bridgehead atoms. The topological polar surface area (TPSA) is 73.9 Å². The molecule has 4 aromatic rings. The van der Waals surface area contributed by atoms with Crippen LogP contribution >= 0.6 is 19.1 Å². The molecule has 0 aromatic heterocycles. The summed E-state index contributed by atoms with van der Waals surface area (Å²) in [6, 6.07) is 37.2. The lowest BCUT2D eigenvalue weighted by Gasteiger charge is -2.24. The highest BCUT2D eigenvalue weighted by Gasteiger charge is 2.31. The first-order valence-corrected chi connectivity index (χ1v) is 17.5. The number of carbonyl (C=O) groups is 1. The highest BCUT2D eigenvalue weighted by atomic mass is 35.5. The monoisotopic (exact) mass is 645 g/mol. The zero-order chi connectivity index (χ0) is 32.1. The van der Waals surface area contributed by atoms with Crippen LogP contribution in [0.2, 0.25) is 0 Å². The summed E-state index contributed by atoms with van der Waals surface area (Å²) in [5.41, 5.74) is 6.80. The van der Waals surface area contributed by atoms with Gasteiger partial charge < -0.3 is 14.0 Å². The third-order valence-corrected chi connectivity index (χ3v) is 8.96. The number of hydrogen-bond donors (Lipinski definition) is 1. The number of benzene rings is 4. The summed E-state index contributed by atoms with van der Waals surface area (Å²) in [5, 5.41) is 2.83. The van der Waals surface area contributed by atoms with Crippen molar-refractivity contribution in [3.8, 4) is 5.75 Å². The molecule has 4 rings (SSSR count). The molecule has 0 spiro atoms. The van der Waals surface area contributed by atoms with Gasteiger partial charge in [-0.25, -0.2) is 5.09 Å². The lowest BCUT2D eigenvalue weighted by Crippen LogP contribution is -2.36. The summed E-state index contributed by atoms with van der Waals surface area (Å²) >= 11 is 6.30. The van der Waals surface area contributed by atoms with Crippen LogP contribution in [0.25, 0.3) is 11.1 Å². The molecular weight excluding hydrogens is 605 g/mol. The molecule has 0 heterocycles. The van der Waals surface area contributed by atoms with Crippen LogP contribution in [-0.4, -0.2) is 36.9 Å². The molecule has 0 aliphatic carbocycles. The van der Waals surface area contributed by atoms with Crippen LogP contribution in [0, 0.1) is 0 Å². The molecule has 4 aromatic carbocycles. The smallest absolute Gasteiger partial charge is 0.342 e. The SMILES string of the molecule is CC(C)OC(=O)[C@H](C)NP(=O)(COCCc1ccc(/C(=C(/CCCl)c2ccccc2)c2ccccc2)cc1)Oc1ccccc1. The van der Waals surface area contributed by atoms with E-state index < -0.39 is 19.5 Å². The van der Waals surface area contributed by atoms with Crippen molar-refractivity contribution in [3.63, 3.8) is 0 Å². The van der Waals surface area contributed by atoms with Crippen molar-refractivity contribution in [3.05, 3.63) is 138 Å². The van der Waals surface area contributed by atoms with E-state index in [0.717, 1.165) is 34.2 Å². The van der Waals surface area contributed by atoms with Crippen LogP contribution in [0.5, 0.6) is 5.75 Å². The minimum atomic E-state index is -3.61. The summed E-state index contributed by atoms with van der Waals surface area (Å²) in [6.45, 7) is 5.45. The van der Waals surface area contributed by atoms with E-state index in [1.54, 1.807) is 45.0 Å². The Morgan fingerprint density at radius 3 is 1.91 bits per heavy atom. The van der Waals surface area contributed by atoms with Gasteiger partial charge in [0.25, 0.3) is 0 Å². The molecule has 1 N–H and O–H groups in total. The highest BCUT2D eigenvalue weighted by Crippen LogP contribution is 2.43. The number of nitrogens with one attached hydrogen (secondary N) is 1. The third kappa shape index (κ3) is 10.4. The van der Waals surface area contributed by atoms with Gasteiger partial charge in [-0.15, -0.1) is 11.6 Å². The fourth-order valence-electron chi connectivity index (χ4n) is 4.90. The predicted molar refractivity (Wildman–Crippen MR) is 184 cm³/mol. The van der Waals surface area contributed by atoms with Gasteiger partial charge in [0, 0.05) is 5.88 Å². The first-order valence-electron chi connectivity index (χ1n) is 15.2. The maximum absolute atomic E-state index is 13.8. The second-order valence-electron chi connectivity index (χ2n) is 10.9. The van der Waals surface area contributed by atoms with Crippen molar-refractivity contribution in [2.45, 2.75) is 45.8 Å². The van der Waals surface area contributed by atoms with Crippen LogP contribution in [0.3, 0.4) is 0 Å². The van der Waals surface area contributed by atoms with Gasteiger partial charge >= 0.3 is 13.5 Å². The molecule has 0 aliphatic heterocycles. The normalized spacial score (nSPS) is 13.9. The second kappa shape index (κ2) is 17.1. The van der Waals surface area contributed by atoms with Gasteiger partial charge in [0.05, 0.1) is 12.7 Å². The van der Waals surface area contributed by atoms with Gasteiger partial charge in [-0.2, -0.15) is 0 Å². The number of alkyl halides is 1. The predicted octanol–water partition coefficient (Wildman–Crippen LogP) is 8.99. The van der Waals surface area contributed by atoms with E-state index in [-0.39, 0.29) is 12.5 Å². The zero-order valence-corrected chi connectivity index (χ0v) is 27.7. The minimum absolute atomic E-state index is 0.209. The number of allylic oxidation sites excluding steroid dienone is 1. The summed E-state index contributed by atoms with van der Waals surface area (Å²) in [5.74, 6) is 0.427. The third-order valence-electron chi connectivity index (χ3n) is 6.96. The maximum atomic E-state index is 13.8. The van der Waals surface area contributed by atoms with Crippen molar-refractivity contribution < 1.29 is 23.4 Å². The second-order valence-corrected chi connectivity index (χ2v) is 13.3. The largest absolute Gasteiger partial charge is 0.462 e. The number of para-hydroxylation sites is 1. The molecule has 0 amide bonds. The van der Waals surface area contributed by atoms with E-state index in [4.69, 9.17) is 25.6 Å². The van der Waals surface area contributed by atoms with E-state index >= 15 is 0 Å². The van der Waals surface area contributed by atoms with E-state index in [0.29, 0.717) is 24.7 Å². The molecule has 0 saturated carbocycles. The Morgan fingerprint density at radius 1 is 0.778 bits per heavy atom. The average Bonchev–Trinajstić information content (AvgIpc) is 3.04. The highest BCUT2D eigenvalue weighted by molar-refractivity contribution is 7.57. The van der Waals surface area contributed by atoms with E-state index in [1.807, 2.05) is 42.5 Å². The quantitative estimate of drug-likeness (QED) is 0.0431. The van der Waals surface area contributed by atoms with E-state index in [1.165, 1.54) is 5.57 Å². The average molecular weight is 646 g/mol. The molecule has 1 unspecified atom stereocenters. The van der Waals surface area contributed by atoms with Crippen LogP contribution in [0.1, 0.15) is 49.4 Å². The Morgan fingerprint density at radius 2 is 1.33 bits per heavy atom. The molecule has 6 nitrogen and oxygen atoms in total. The summed E-state index contributed by atoms with van der Waals surface area (Å²) in [6.07, 6.45) is 0.842. The number of ether oxygens (including phenoxy) is 2. The van der Waals surface area contributed by atoms with Gasteiger partial charge in [0.15, 0.2) is 0 Å². The van der Waals surface area contributed by atoms with Crippen LogP contribution in [0.4, 0.5) is 0 Å². The Kier molecular flexibility index (Phi) is 13.0. The number of carbonyl (C=O) groups excluding carboxylic acids is 1. The summed E-state index contributed by atoms with van der Waals surface area (Å²) < 4.78 is 30.8. The van der Waals surface area contributed by atoms with Crippen molar-refractivity contribution in [1.29, 1.82) is 0 Å². The molecule has 0 saturated heterocycles. The number of halogens is 1. The van der Waals surface area contributed by atoms with E-state index in [2.05, 4.69) is 53.6 Å². The van der Waals surface area contributed by atoms with Crippen LogP contribution < -0.4 is 9.61 Å². The molecule has 0 radical (unpaired) electrons. The standard InChI is InChI=1S/C37H41ClNO5P/c1-28(2)43-37(40)29(3)39-45(41,44-34-17-11-6-12-18-34)27-42-26-24-30-19-21-33(22-20-30)36(32-15-9-5-10-16-32)35(23-25-38)31-13-7-4-8-14-31/h4-22,28-29H,23-27H2,1-3H3,(H,39,41)/b36-35-/t29-,45?/m0/s1. The Bertz CT molecular complexity index is 1560. The molecular formula is C37H41ClNO5P. The fraction of sp³-hybridized carbons (Fsp3) is 0.270. The molecule has 2 atom stereocenters. The van der Waals surface area contributed by atoms with Gasteiger partial charge in [-0.05, 0) is 79.1 Å². The Balaban J connectivity index is 1.47. The molecule has 8 heteroatoms. The summed E-state index contributed by atoms with van der Waals surface area (Å²) in [7, 11) is -3.61.